The van der Waals surface area contributed by atoms with Crippen molar-refractivity contribution in [3.63, 3.8) is 0 Å². The van der Waals surface area contributed by atoms with E-state index in [1.54, 1.807) is 19.1 Å². The number of fused-ring (bicyclic) bond motifs is 1. The van der Waals surface area contributed by atoms with Crippen LogP contribution < -0.4 is 10.1 Å². The van der Waals surface area contributed by atoms with Crippen LogP contribution in [0.4, 0.5) is 5.69 Å². The molecule has 4 rings (SSSR count). The summed E-state index contributed by atoms with van der Waals surface area (Å²) in [6.07, 6.45) is -3.33. The summed E-state index contributed by atoms with van der Waals surface area (Å²) in [4.78, 5) is 35.6. The molecule has 1 N–H and O–H groups in total. The summed E-state index contributed by atoms with van der Waals surface area (Å²) in [5.41, 5.74) is 3.17. The van der Waals surface area contributed by atoms with Crippen LogP contribution in [-0.2, 0) is 39.8 Å². The van der Waals surface area contributed by atoms with Gasteiger partial charge < -0.3 is 29.0 Å². The van der Waals surface area contributed by atoms with E-state index in [2.05, 4.69) is 11.4 Å². The molecule has 1 fully saturated rings. The lowest BCUT2D eigenvalue weighted by molar-refractivity contribution is -0.232. The number of nitrogens with zero attached hydrogens (tertiary/aromatic N) is 1. The molecule has 2 aliphatic rings. The van der Waals surface area contributed by atoms with Gasteiger partial charge >= 0.3 is 17.9 Å². The van der Waals surface area contributed by atoms with E-state index >= 15 is 0 Å². The number of hydrogen-bond donors (Lipinski definition) is 1. The van der Waals surface area contributed by atoms with Gasteiger partial charge in [-0.25, -0.2) is 0 Å². The summed E-state index contributed by atoms with van der Waals surface area (Å²) in [6, 6.07) is 13.1. The Morgan fingerprint density at radius 3 is 2.45 bits per heavy atom. The zero-order valence-corrected chi connectivity index (χ0v) is 23.4. The van der Waals surface area contributed by atoms with E-state index in [1.165, 1.54) is 20.8 Å². The van der Waals surface area contributed by atoms with Crippen molar-refractivity contribution in [1.29, 1.82) is 5.26 Å². The summed E-state index contributed by atoms with van der Waals surface area (Å²) < 4.78 is 28.5. The molecule has 0 amide bonds. The van der Waals surface area contributed by atoms with E-state index in [0.717, 1.165) is 16.8 Å². The molecule has 212 valence electrons. The fourth-order valence-electron chi connectivity index (χ4n) is 4.94. The number of benzene rings is 2. The normalized spacial score (nSPS) is 25.3. The van der Waals surface area contributed by atoms with Crippen molar-refractivity contribution in [2.75, 3.05) is 18.5 Å². The first kappa shape index (κ1) is 29.2. The second-order valence-electron chi connectivity index (χ2n) is 9.88. The van der Waals surface area contributed by atoms with Gasteiger partial charge in [0.05, 0.1) is 18.3 Å². The van der Waals surface area contributed by atoms with Crippen molar-refractivity contribution in [2.24, 2.45) is 5.92 Å². The van der Waals surface area contributed by atoms with E-state index < -0.39 is 54.3 Å². The average molecular weight is 571 g/mol. The Morgan fingerprint density at radius 2 is 1.77 bits per heavy atom. The minimum atomic E-state index is -0.947. The van der Waals surface area contributed by atoms with Crippen molar-refractivity contribution in [1.82, 2.24) is 0 Å². The highest BCUT2D eigenvalue weighted by molar-refractivity contribution is 6.31. The van der Waals surface area contributed by atoms with Gasteiger partial charge in [-0.2, -0.15) is 5.26 Å². The molecule has 2 aliphatic heterocycles. The molecule has 10 nitrogen and oxygen atoms in total. The van der Waals surface area contributed by atoms with E-state index in [1.807, 2.05) is 24.3 Å². The number of hydrogen-bond acceptors (Lipinski definition) is 10. The Kier molecular flexibility index (Phi) is 9.17. The molecular formula is C29H31ClN2O8. The van der Waals surface area contributed by atoms with Crippen molar-refractivity contribution in [2.45, 2.75) is 64.6 Å². The number of ether oxygens (including phenoxy) is 5. The van der Waals surface area contributed by atoms with Crippen LogP contribution >= 0.6 is 11.6 Å². The Bertz CT molecular complexity index is 1330. The molecule has 0 bridgehead atoms. The third-order valence-corrected chi connectivity index (χ3v) is 7.20. The molecule has 2 aromatic carbocycles. The Morgan fingerprint density at radius 1 is 1.05 bits per heavy atom. The number of rotatable bonds is 7. The molecule has 2 unspecified atom stereocenters. The third-order valence-electron chi connectivity index (χ3n) is 6.83. The molecule has 0 aromatic heterocycles. The van der Waals surface area contributed by atoms with E-state index in [9.17, 15) is 14.4 Å². The van der Waals surface area contributed by atoms with Crippen LogP contribution in [0, 0.1) is 17.2 Å². The molecule has 0 saturated carbocycles. The lowest BCUT2D eigenvalue weighted by Gasteiger charge is -2.44. The number of halogens is 1. The maximum absolute atomic E-state index is 12.1. The highest BCUT2D eigenvalue weighted by atomic mass is 35.5. The van der Waals surface area contributed by atoms with Gasteiger partial charge in [-0.05, 0) is 41.3 Å². The summed E-state index contributed by atoms with van der Waals surface area (Å²) in [5.74, 6) is -1.41. The molecule has 40 heavy (non-hydrogen) atoms. The van der Waals surface area contributed by atoms with Gasteiger partial charge in [-0.1, -0.05) is 36.7 Å². The fourth-order valence-corrected chi connectivity index (χ4v) is 5.13. The SMILES string of the molecule is CC(=O)OC[C@H]1O[C@@H](c2ccc(Cl)c(Cc3ccc4c(c3)NCC(C#N)O4)c2)[C@H](OC(C)=O)[C@@H](OC(C)=O)C1C. The van der Waals surface area contributed by atoms with E-state index in [-0.39, 0.29) is 6.61 Å². The summed E-state index contributed by atoms with van der Waals surface area (Å²) in [7, 11) is 0. The fraction of sp³-hybridized carbons (Fsp3) is 0.448. The Balaban J connectivity index is 1.66. The van der Waals surface area contributed by atoms with Crippen molar-refractivity contribution in [3.05, 3.63) is 58.1 Å². The first-order chi connectivity index (χ1) is 19.0. The van der Waals surface area contributed by atoms with Gasteiger partial charge in [-0.3, -0.25) is 14.4 Å². The largest absolute Gasteiger partial charge is 0.472 e. The standard InChI is InChI=1S/C29H31ClN2O8/c1-15-26(14-36-16(2)33)40-28(29(38-18(4)35)27(15)37-17(3)34)20-6-7-23(30)21(11-20)9-19-5-8-25-24(10-19)32-13-22(12-31)39-25/h5-8,10-11,15,22,26-29,32H,9,13-14H2,1-4H3/t15?,22?,26-,27+,28+,29-/m1/s1. The highest BCUT2D eigenvalue weighted by Gasteiger charge is 2.48. The van der Waals surface area contributed by atoms with Crippen LogP contribution in [0.15, 0.2) is 36.4 Å². The molecule has 2 heterocycles. The van der Waals surface area contributed by atoms with Crippen LogP contribution in [0.25, 0.3) is 0 Å². The van der Waals surface area contributed by atoms with Gasteiger partial charge in [-0.15, -0.1) is 0 Å². The predicted molar refractivity (Wildman–Crippen MR) is 144 cm³/mol. The zero-order chi connectivity index (χ0) is 29.0. The average Bonchev–Trinajstić information content (AvgIpc) is 2.90. The van der Waals surface area contributed by atoms with E-state index in [0.29, 0.717) is 29.3 Å². The summed E-state index contributed by atoms with van der Waals surface area (Å²) in [6.45, 7) is 5.96. The summed E-state index contributed by atoms with van der Waals surface area (Å²) >= 11 is 6.59. The molecule has 6 atom stereocenters. The van der Waals surface area contributed by atoms with Gasteiger partial charge in [0.15, 0.2) is 6.10 Å². The van der Waals surface area contributed by atoms with Gasteiger partial charge in [0.2, 0.25) is 6.10 Å². The molecule has 0 aliphatic carbocycles. The predicted octanol–water partition coefficient (Wildman–Crippen LogP) is 4.13. The maximum Gasteiger partial charge on any atom is 0.303 e. The Hall–Kier alpha value is -3.81. The van der Waals surface area contributed by atoms with Crippen LogP contribution in [0.1, 0.15) is 50.5 Å². The molecule has 1 saturated heterocycles. The van der Waals surface area contributed by atoms with Crippen molar-refractivity contribution < 1.29 is 38.1 Å². The monoisotopic (exact) mass is 570 g/mol. The molecule has 2 aromatic rings. The highest BCUT2D eigenvalue weighted by Crippen LogP contribution is 2.40. The third kappa shape index (κ3) is 6.84. The first-order valence-corrected chi connectivity index (χ1v) is 13.3. The van der Waals surface area contributed by atoms with E-state index in [4.69, 9.17) is 40.5 Å². The molecule has 11 heteroatoms. The lowest BCUT2D eigenvalue weighted by Crippen LogP contribution is -2.54. The summed E-state index contributed by atoms with van der Waals surface area (Å²) in [5, 5.41) is 12.9. The van der Waals surface area contributed by atoms with Crippen molar-refractivity contribution in [3.8, 4) is 11.8 Å². The molecular weight excluding hydrogens is 540 g/mol. The van der Waals surface area contributed by atoms with Crippen LogP contribution in [0.3, 0.4) is 0 Å². The lowest BCUT2D eigenvalue weighted by atomic mass is 9.85. The van der Waals surface area contributed by atoms with Crippen LogP contribution in [0.5, 0.6) is 5.75 Å². The number of nitriles is 1. The second kappa shape index (κ2) is 12.6. The smallest absolute Gasteiger partial charge is 0.303 e. The minimum absolute atomic E-state index is 0.0607. The second-order valence-corrected chi connectivity index (χ2v) is 10.3. The maximum atomic E-state index is 12.1. The number of carbonyl (C=O) groups excluding carboxylic acids is 3. The molecule has 0 spiro atoms. The van der Waals surface area contributed by atoms with Gasteiger partial charge in [0.1, 0.15) is 30.6 Å². The quantitative estimate of drug-likeness (QED) is 0.382. The molecule has 0 radical (unpaired) electrons. The van der Waals surface area contributed by atoms with Gasteiger partial charge in [0, 0.05) is 31.7 Å². The number of esters is 3. The minimum Gasteiger partial charge on any atom is -0.472 e. The van der Waals surface area contributed by atoms with Crippen LogP contribution in [-0.4, -0.2) is 55.5 Å². The van der Waals surface area contributed by atoms with Gasteiger partial charge in [0.25, 0.3) is 0 Å². The number of nitrogens with one attached hydrogen (secondary N) is 1. The first-order valence-electron chi connectivity index (χ1n) is 12.9. The van der Waals surface area contributed by atoms with Crippen molar-refractivity contribution >= 4 is 35.2 Å². The number of anilines is 1. The topological polar surface area (TPSA) is 133 Å². The Labute approximate surface area is 237 Å². The van der Waals surface area contributed by atoms with Crippen LogP contribution in [0.2, 0.25) is 5.02 Å². The number of carbonyl (C=O) groups is 3. The zero-order valence-electron chi connectivity index (χ0n) is 22.6.